The molecule has 8 nitrogen and oxygen atoms in total. The van der Waals surface area contributed by atoms with Crippen molar-refractivity contribution in [2.24, 2.45) is 0 Å². The fourth-order valence-electron chi connectivity index (χ4n) is 3.76. The van der Waals surface area contributed by atoms with Crippen LogP contribution in [0.1, 0.15) is 30.9 Å². The van der Waals surface area contributed by atoms with Gasteiger partial charge in [-0.25, -0.2) is 4.79 Å². The third-order valence-electron chi connectivity index (χ3n) is 5.67. The summed E-state index contributed by atoms with van der Waals surface area (Å²) >= 11 is 12.2. The van der Waals surface area contributed by atoms with E-state index in [4.69, 9.17) is 37.1 Å². The number of nitrogens with one attached hydrogen (secondary N) is 1. The Kier molecular flexibility index (Phi) is 7.96. The van der Waals surface area contributed by atoms with E-state index in [0.717, 1.165) is 11.3 Å². The molecule has 2 heterocycles. The standard InChI is InChI=1S/C26H27Cl2N3O5/c1-16(2)31(26(33)29-22-8-6-19(27)11-21(22)28)14-25(32)30(13-20-7-4-17(3)36-20)12-18-5-9-23-24(10-18)35-15-34-23/h4-11,16H,12-15H2,1-3H3,(H,29,33). The smallest absolute Gasteiger partial charge is 0.322 e. The lowest BCUT2D eigenvalue weighted by molar-refractivity contribution is -0.133. The molecule has 1 aliphatic rings. The van der Waals surface area contributed by atoms with Gasteiger partial charge >= 0.3 is 6.03 Å². The van der Waals surface area contributed by atoms with Crippen LogP contribution in [0.15, 0.2) is 52.9 Å². The summed E-state index contributed by atoms with van der Waals surface area (Å²) in [6.07, 6.45) is 0. The van der Waals surface area contributed by atoms with E-state index >= 15 is 0 Å². The number of benzene rings is 2. The molecule has 190 valence electrons. The summed E-state index contributed by atoms with van der Waals surface area (Å²) in [4.78, 5) is 29.7. The highest BCUT2D eigenvalue weighted by Gasteiger charge is 2.25. The Balaban J connectivity index is 1.52. The first-order chi connectivity index (χ1) is 17.2. The van der Waals surface area contributed by atoms with Gasteiger partial charge in [-0.2, -0.15) is 0 Å². The zero-order valence-corrected chi connectivity index (χ0v) is 21.7. The van der Waals surface area contributed by atoms with Crippen molar-refractivity contribution in [3.63, 3.8) is 0 Å². The topological polar surface area (TPSA) is 84.2 Å². The lowest BCUT2D eigenvalue weighted by Crippen LogP contribution is -2.47. The molecule has 1 N–H and O–H groups in total. The Labute approximate surface area is 219 Å². The number of hydrogen-bond donors (Lipinski definition) is 1. The molecule has 0 aliphatic carbocycles. The van der Waals surface area contributed by atoms with E-state index in [9.17, 15) is 9.59 Å². The summed E-state index contributed by atoms with van der Waals surface area (Å²) in [6.45, 7) is 6.11. The molecule has 0 atom stereocenters. The van der Waals surface area contributed by atoms with Gasteiger partial charge in [0.15, 0.2) is 11.5 Å². The average molecular weight is 532 g/mol. The van der Waals surface area contributed by atoms with Crippen LogP contribution in [0.2, 0.25) is 10.0 Å². The molecule has 4 rings (SSSR count). The molecular weight excluding hydrogens is 505 g/mol. The van der Waals surface area contributed by atoms with Crippen molar-refractivity contribution in [1.82, 2.24) is 9.80 Å². The van der Waals surface area contributed by atoms with Gasteiger partial charge in [-0.05, 0) is 68.8 Å². The quantitative estimate of drug-likeness (QED) is 0.379. The first kappa shape index (κ1) is 25.7. The van der Waals surface area contributed by atoms with Crippen LogP contribution < -0.4 is 14.8 Å². The summed E-state index contributed by atoms with van der Waals surface area (Å²) in [5, 5.41) is 3.54. The predicted molar refractivity (Wildman–Crippen MR) is 138 cm³/mol. The normalized spacial score (nSPS) is 12.1. The summed E-state index contributed by atoms with van der Waals surface area (Å²) in [5.41, 5.74) is 1.27. The van der Waals surface area contributed by atoms with Crippen LogP contribution in [-0.4, -0.2) is 41.1 Å². The lowest BCUT2D eigenvalue weighted by Gasteiger charge is -2.30. The number of fused-ring (bicyclic) bond motifs is 1. The van der Waals surface area contributed by atoms with E-state index < -0.39 is 6.03 Å². The Morgan fingerprint density at radius 3 is 2.47 bits per heavy atom. The van der Waals surface area contributed by atoms with Crippen molar-refractivity contribution in [3.8, 4) is 11.5 Å². The second kappa shape index (κ2) is 11.1. The average Bonchev–Trinajstić information content (AvgIpc) is 3.46. The molecule has 10 heteroatoms. The zero-order chi connectivity index (χ0) is 25.8. The van der Waals surface area contributed by atoms with Crippen molar-refractivity contribution >= 4 is 40.8 Å². The number of carbonyl (C=O) groups excluding carboxylic acids is 2. The number of furan rings is 1. The number of rotatable bonds is 8. The Morgan fingerprint density at radius 2 is 1.78 bits per heavy atom. The van der Waals surface area contributed by atoms with Crippen molar-refractivity contribution in [2.45, 2.75) is 39.9 Å². The molecule has 0 unspecified atom stereocenters. The highest BCUT2D eigenvalue weighted by Crippen LogP contribution is 2.33. The number of ether oxygens (including phenoxy) is 2. The Morgan fingerprint density at radius 1 is 1.00 bits per heavy atom. The van der Waals surface area contributed by atoms with Crippen molar-refractivity contribution in [2.75, 3.05) is 18.7 Å². The molecule has 0 saturated carbocycles. The number of hydrogen-bond acceptors (Lipinski definition) is 5. The molecule has 3 amide bonds. The van der Waals surface area contributed by atoms with Crippen LogP contribution in [0.5, 0.6) is 11.5 Å². The zero-order valence-electron chi connectivity index (χ0n) is 20.2. The third-order valence-corrected chi connectivity index (χ3v) is 6.22. The molecule has 2 aromatic carbocycles. The number of halogens is 2. The van der Waals surface area contributed by atoms with Crippen molar-refractivity contribution < 1.29 is 23.5 Å². The van der Waals surface area contributed by atoms with Crippen LogP contribution >= 0.6 is 23.2 Å². The summed E-state index contributed by atoms with van der Waals surface area (Å²) < 4.78 is 16.6. The molecule has 1 aromatic heterocycles. The van der Waals surface area contributed by atoms with Gasteiger partial charge in [-0.1, -0.05) is 29.3 Å². The minimum Gasteiger partial charge on any atom is -0.464 e. The first-order valence-corrected chi connectivity index (χ1v) is 12.2. The van der Waals surface area contributed by atoms with Crippen LogP contribution in [0.25, 0.3) is 0 Å². The van der Waals surface area contributed by atoms with Crippen molar-refractivity contribution in [1.29, 1.82) is 0 Å². The number of urea groups is 1. The van der Waals surface area contributed by atoms with Crippen LogP contribution in [0.4, 0.5) is 10.5 Å². The highest BCUT2D eigenvalue weighted by atomic mass is 35.5. The second-order valence-corrected chi connectivity index (χ2v) is 9.57. The number of amides is 3. The number of anilines is 1. The monoisotopic (exact) mass is 531 g/mol. The van der Waals surface area contributed by atoms with Gasteiger partial charge in [0, 0.05) is 17.6 Å². The van der Waals surface area contributed by atoms with Crippen molar-refractivity contribution in [3.05, 3.63) is 75.7 Å². The lowest BCUT2D eigenvalue weighted by atomic mass is 10.1. The van der Waals surface area contributed by atoms with E-state index in [2.05, 4.69) is 5.32 Å². The van der Waals surface area contributed by atoms with Gasteiger partial charge in [0.1, 0.15) is 18.1 Å². The van der Waals surface area contributed by atoms with Gasteiger partial charge in [-0.15, -0.1) is 0 Å². The predicted octanol–water partition coefficient (Wildman–Crippen LogP) is 6.09. The molecular formula is C26H27Cl2N3O5. The molecule has 0 fully saturated rings. The van der Waals surface area contributed by atoms with Crippen LogP contribution in [-0.2, 0) is 17.9 Å². The van der Waals surface area contributed by atoms with E-state index in [-0.39, 0.29) is 31.8 Å². The van der Waals surface area contributed by atoms with Gasteiger partial charge in [-0.3, -0.25) is 4.79 Å². The van der Waals surface area contributed by atoms with Gasteiger partial charge in [0.05, 0.1) is 17.3 Å². The van der Waals surface area contributed by atoms with Gasteiger partial charge < -0.3 is 29.0 Å². The van der Waals surface area contributed by atoms with Gasteiger partial charge in [0.2, 0.25) is 12.7 Å². The number of nitrogens with zero attached hydrogens (tertiary/aromatic N) is 2. The first-order valence-electron chi connectivity index (χ1n) is 11.4. The van der Waals surface area contributed by atoms with Crippen LogP contribution in [0, 0.1) is 6.92 Å². The molecule has 0 saturated heterocycles. The number of aryl methyl sites for hydroxylation is 1. The summed E-state index contributed by atoms with van der Waals surface area (Å²) in [5.74, 6) is 2.46. The summed E-state index contributed by atoms with van der Waals surface area (Å²) in [6, 6.07) is 13.3. The maximum absolute atomic E-state index is 13.5. The number of carbonyl (C=O) groups is 2. The van der Waals surface area contributed by atoms with E-state index in [1.807, 2.05) is 51.1 Å². The fraction of sp³-hybridized carbons (Fsp3) is 0.308. The second-order valence-electron chi connectivity index (χ2n) is 8.73. The molecule has 0 bridgehead atoms. The highest BCUT2D eigenvalue weighted by molar-refractivity contribution is 6.36. The SMILES string of the molecule is Cc1ccc(CN(Cc2ccc3c(c2)OCO3)C(=O)CN(C(=O)Nc2ccc(Cl)cc2Cl)C(C)C)o1. The minimum atomic E-state index is -0.445. The maximum Gasteiger partial charge on any atom is 0.322 e. The van der Waals surface area contributed by atoms with Crippen LogP contribution in [0.3, 0.4) is 0 Å². The Hall–Kier alpha value is -3.36. The van der Waals surface area contributed by atoms with E-state index in [0.29, 0.717) is 39.5 Å². The molecule has 36 heavy (non-hydrogen) atoms. The largest absolute Gasteiger partial charge is 0.464 e. The maximum atomic E-state index is 13.5. The molecule has 3 aromatic rings. The molecule has 0 radical (unpaired) electrons. The molecule has 1 aliphatic heterocycles. The fourth-order valence-corrected chi connectivity index (χ4v) is 4.22. The minimum absolute atomic E-state index is 0.140. The summed E-state index contributed by atoms with van der Waals surface area (Å²) in [7, 11) is 0. The van der Waals surface area contributed by atoms with Gasteiger partial charge in [0.25, 0.3) is 0 Å². The van der Waals surface area contributed by atoms with E-state index in [1.165, 1.54) is 4.90 Å². The molecule has 0 spiro atoms. The van der Waals surface area contributed by atoms with E-state index in [1.54, 1.807) is 23.1 Å². The Bertz CT molecular complexity index is 1260. The third kappa shape index (κ3) is 6.25.